The van der Waals surface area contributed by atoms with Gasteiger partial charge in [0.2, 0.25) is 0 Å². The lowest BCUT2D eigenvalue weighted by molar-refractivity contribution is 0.0695. The summed E-state index contributed by atoms with van der Waals surface area (Å²) in [6.45, 7) is 1.25. The Labute approximate surface area is 166 Å². The summed E-state index contributed by atoms with van der Waals surface area (Å²) in [6.07, 6.45) is 4.60. The second-order valence-electron chi connectivity index (χ2n) is 7.23. The van der Waals surface area contributed by atoms with Gasteiger partial charge in [-0.25, -0.2) is 14.5 Å². The number of aromatic nitrogens is 5. The number of piperidine rings is 1. The minimum Gasteiger partial charge on any atom is -0.338 e. The number of hydrogen-bond acceptors (Lipinski definition) is 4. The average molecular weight is 388 g/mol. The lowest BCUT2D eigenvalue weighted by atomic mass is 10.0. The van der Waals surface area contributed by atoms with Gasteiger partial charge in [-0.05, 0) is 49.2 Å². The zero-order valence-electron chi connectivity index (χ0n) is 15.7. The highest BCUT2D eigenvalue weighted by atomic mass is 16.2. The minimum absolute atomic E-state index is 0.0138. The van der Waals surface area contributed by atoms with Crippen molar-refractivity contribution in [1.82, 2.24) is 29.2 Å². The summed E-state index contributed by atoms with van der Waals surface area (Å²) in [6, 6.07) is 15.2. The summed E-state index contributed by atoms with van der Waals surface area (Å²) >= 11 is 0. The van der Waals surface area contributed by atoms with Gasteiger partial charge in [0.15, 0.2) is 0 Å². The molecule has 0 radical (unpaired) electrons. The van der Waals surface area contributed by atoms with E-state index >= 15 is 0 Å². The number of nitrogens with one attached hydrogen (secondary N) is 1. The maximum atomic E-state index is 12.9. The van der Waals surface area contributed by atoms with Crippen LogP contribution in [0.5, 0.6) is 0 Å². The lowest BCUT2D eigenvalue weighted by Crippen LogP contribution is -2.40. The molecule has 8 heteroatoms. The molecular formula is C21H20N6O2. The van der Waals surface area contributed by atoms with E-state index in [0.29, 0.717) is 18.7 Å². The number of carbonyl (C=O) groups is 1. The number of fused-ring (bicyclic) bond motifs is 1. The number of benzene rings is 2. The molecule has 2 aromatic heterocycles. The fourth-order valence-electron chi connectivity index (χ4n) is 4.04. The number of aromatic amines is 1. The van der Waals surface area contributed by atoms with Gasteiger partial charge in [0.05, 0.1) is 16.7 Å². The molecule has 1 aliphatic rings. The van der Waals surface area contributed by atoms with Gasteiger partial charge in [0.25, 0.3) is 5.91 Å². The van der Waals surface area contributed by atoms with E-state index < -0.39 is 0 Å². The molecule has 1 N–H and O–H groups in total. The number of para-hydroxylation sites is 2. The number of rotatable bonds is 3. The van der Waals surface area contributed by atoms with E-state index in [0.717, 1.165) is 29.6 Å². The van der Waals surface area contributed by atoms with E-state index in [2.05, 4.69) is 15.1 Å². The summed E-state index contributed by atoms with van der Waals surface area (Å²) < 4.78 is 3.49. The third-order valence-corrected chi connectivity index (χ3v) is 5.54. The molecule has 0 unspecified atom stereocenters. The Morgan fingerprint density at radius 1 is 1.03 bits per heavy atom. The maximum absolute atomic E-state index is 12.9. The van der Waals surface area contributed by atoms with Crippen molar-refractivity contribution < 1.29 is 4.79 Å². The third-order valence-electron chi connectivity index (χ3n) is 5.54. The number of carbonyl (C=O) groups excluding carboxylic acids is 1. The van der Waals surface area contributed by atoms with Crippen LogP contribution >= 0.6 is 0 Å². The Morgan fingerprint density at radius 2 is 1.79 bits per heavy atom. The SMILES string of the molecule is O=C(c1ccc(-n2cncn2)cc1)N1CCC(n2c(=O)[nH]c3ccccc32)CC1. The highest BCUT2D eigenvalue weighted by Crippen LogP contribution is 2.25. The fraction of sp³-hybridized carbons (Fsp3) is 0.238. The summed E-state index contributed by atoms with van der Waals surface area (Å²) in [5.41, 5.74) is 3.20. The van der Waals surface area contributed by atoms with Crippen LogP contribution in [0.15, 0.2) is 66.0 Å². The van der Waals surface area contributed by atoms with Gasteiger partial charge < -0.3 is 9.88 Å². The molecule has 4 aromatic rings. The first-order valence-electron chi connectivity index (χ1n) is 9.64. The highest BCUT2D eigenvalue weighted by Gasteiger charge is 2.26. The molecule has 1 aliphatic heterocycles. The minimum atomic E-state index is -0.0836. The molecule has 8 nitrogen and oxygen atoms in total. The van der Waals surface area contributed by atoms with E-state index in [4.69, 9.17) is 0 Å². The van der Waals surface area contributed by atoms with Crippen LogP contribution in [0, 0.1) is 0 Å². The van der Waals surface area contributed by atoms with Crippen molar-refractivity contribution in [1.29, 1.82) is 0 Å². The molecule has 5 rings (SSSR count). The molecule has 0 spiro atoms. The molecule has 0 atom stereocenters. The Hall–Kier alpha value is -3.68. The van der Waals surface area contributed by atoms with Crippen LogP contribution in [-0.2, 0) is 0 Å². The number of nitrogens with zero attached hydrogens (tertiary/aromatic N) is 5. The van der Waals surface area contributed by atoms with Gasteiger partial charge in [-0.15, -0.1) is 0 Å². The number of likely N-dealkylation sites (tertiary alicyclic amines) is 1. The zero-order valence-corrected chi connectivity index (χ0v) is 15.7. The molecule has 3 heterocycles. The summed E-state index contributed by atoms with van der Waals surface area (Å²) in [5, 5.41) is 4.09. The molecule has 0 saturated carbocycles. The Balaban J connectivity index is 1.29. The van der Waals surface area contributed by atoms with Crippen LogP contribution < -0.4 is 5.69 Å². The molecule has 29 heavy (non-hydrogen) atoms. The van der Waals surface area contributed by atoms with Gasteiger partial charge in [-0.2, -0.15) is 5.10 Å². The van der Waals surface area contributed by atoms with Gasteiger partial charge in [0.1, 0.15) is 12.7 Å². The van der Waals surface area contributed by atoms with Gasteiger partial charge in [0, 0.05) is 24.7 Å². The first kappa shape index (κ1) is 17.4. The van der Waals surface area contributed by atoms with Crippen LogP contribution in [0.25, 0.3) is 16.7 Å². The van der Waals surface area contributed by atoms with Crippen LogP contribution in [0.1, 0.15) is 29.2 Å². The molecule has 1 amide bonds. The molecule has 146 valence electrons. The van der Waals surface area contributed by atoms with E-state index in [9.17, 15) is 9.59 Å². The Kier molecular flexibility index (Phi) is 4.23. The first-order chi connectivity index (χ1) is 14.2. The quantitative estimate of drug-likeness (QED) is 0.584. The van der Waals surface area contributed by atoms with Crippen molar-refractivity contribution in [3.63, 3.8) is 0 Å². The number of amides is 1. The van der Waals surface area contributed by atoms with Crippen molar-refractivity contribution in [2.75, 3.05) is 13.1 Å². The second kappa shape index (κ2) is 7.05. The van der Waals surface area contributed by atoms with E-state index in [1.165, 1.54) is 6.33 Å². The zero-order chi connectivity index (χ0) is 19.8. The van der Waals surface area contributed by atoms with Crippen LogP contribution in [0.4, 0.5) is 0 Å². The highest BCUT2D eigenvalue weighted by molar-refractivity contribution is 5.94. The molecule has 1 fully saturated rings. The lowest BCUT2D eigenvalue weighted by Gasteiger charge is -2.32. The summed E-state index contributed by atoms with van der Waals surface area (Å²) in [4.78, 5) is 34.0. The largest absolute Gasteiger partial charge is 0.338 e. The maximum Gasteiger partial charge on any atom is 0.326 e. The van der Waals surface area contributed by atoms with E-state index in [1.54, 1.807) is 11.0 Å². The van der Waals surface area contributed by atoms with Crippen molar-refractivity contribution >= 4 is 16.9 Å². The molecule has 0 bridgehead atoms. The Bertz CT molecular complexity index is 1200. The summed E-state index contributed by atoms with van der Waals surface area (Å²) in [5.74, 6) is 0.0138. The van der Waals surface area contributed by atoms with Crippen molar-refractivity contribution in [3.8, 4) is 5.69 Å². The third kappa shape index (κ3) is 3.12. The van der Waals surface area contributed by atoms with Crippen LogP contribution in [0.3, 0.4) is 0 Å². The first-order valence-corrected chi connectivity index (χ1v) is 9.64. The van der Waals surface area contributed by atoms with Crippen molar-refractivity contribution in [2.45, 2.75) is 18.9 Å². The Morgan fingerprint density at radius 3 is 2.52 bits per heavy atom. The second-order valence-corrected chi connectivity index (χ2v) is 7.23. The van der Waals surface area contributed by atoms with E-state index in [-0.39, 0.29) is 17.6 Å². The number of hydrogen-bond donors (Lipinski definition) is 1. The predicted octanol–water partition coefficient (Wildman–Crippen LogP) is 2.39. The number of H-pyrrole nitrogens is 1. The van der Waals surface area contributed by atoms with Crippen molar-refractivity contribution in [3.05, 3.63) is 77.2 Å². The van der Waals surface area contributed by atoms with Crippen LogP contribution in [0.2, 0.25) is 0 Å². The van der Waals surface area contributed by atoms with E-state index in [1.807, 2.05) is 58.0 Å². The fourth-order valence-corrected chi connectivity index (χ4v) is 4.04. The monoisotopic (exact) mass is 388 g/mol. The standard InChI is InChI=1S/C21H20N6O2/c28-20(15-5-7-16(8-6-15)26-14-22-13-23-26)25-11-9-17(10-12-25)27-19-4-2-1-3-18(19)24-21(27)29/h1-8,13-14,17H,9-12H2,(H,24,29). The van der Waals surface area contributed by atoms with Gasteiger partial charge >= 0.3 is 5.69 Å². The topological polar surface area (TPSA) is 88.8 Å². The molecular weight excluding hydrogens is 368 g/mol. The normalized spacial score (nSPS) is 15.1. The molecule has 2 aromatic carbocycles. The summed E-state index contributed by atoms with van der Waals surface area (Å²) in [7, 11) is 0. The van der Waals surface area contributed by atoms with Crippen LogP contribution in [-0.4, -0.2) is 48.2 Å². The van der Waals surface area contributed by atoms with Gasteiger partial charge in [-0.1, -0.05) is 12.1 Å². The number of imidazole rings is 1. The predicted molar refractivity (Wildman–Crippen MR) is 108 cm³/mol. The average Bonchev–Trinajstić information content (AvgIpc) is 3.41. The molecule has 1 saturated heterocycles. The van der Waals surface area contributed by atoms with Crippen molar-refractivity contribution in [2.24, 2.45) is 0 Å². The van der Waals surface area contributed by atoms with Gasteiger partial charge in [-0.3, -0.25) is 9.36 Å². The molecule has 0 aliphatic carbocycles. The smallest absolute Gasteiger partial charge is 0.326 e.